The molecule has 3 fully saturated rings. The van der Waals surface area contributed by atoms with Crippen LogP contribution in [0.2, 0.25) is 0 Å². The molecule has 13 heteroatoms. The van der Waals surface area contributed by atoms with Crippen molar-refractivity contribution in [2.75, 3.05) is 39.3 Å². The van der Waals surface area contributed by atoms with Gasteiger partial charge >= 0.3 is 6.03 Å². The van der Waals surface area contributed by atoms with Crippen LogP contribution in [0.15, 0.2) is 53.5 Å². The fourth-order valence-electron chi connectivity index (χ4n) is 8.70. The zero-order chi connectivity index (χ0) is 35.8. The molecule has 13 nitrogen and oxygen atoms in total. The number of para-hydroxylation sites is 1. The second-order valence-electron chi connectivity index (χ2n) is 15.0. The predicted molar refractivity (Wildman–Crippen MR) is 199 cm³/mol. The van der Waals surface area contributed by atoms with Crippen LogP contribution in [0.4, 0.5) is 4.79 Å². The van der Waals surface area contributed by atoms with Gasteiger partial charge in [0, 0.05) is 61.0 Å². The van der Waals surface area contributed by atoms with Crippen LogP contribution in [-0.2, 0) is 11.2 Å². The van der Waals surface area contributed by atoms with Gasteiger partial charge in [0.2, 0.25) is 5.91 Å². The van der Waals surface area contributed by atoms with Crippen LogP contribution in [-0.4, -0.2) is 108 Å². The van der Waals surface area contributed by atoms with Crippen LogP contribution >= 0.6 is 0 Å². The van der Waals surface area contributed by atoms with Crippen LogP contribution in [0.3, 0.4) is 0 Å². The molecule has 272 valence electrons. The number of carbonyl (C=O) groups excluding carboxylic acids is 2. The molecule has 3 aliphatic heterocycles. The molecule has 0 saturated carbocycles. The number of piperidine rings is 3. The summed E-state index contributed by atoms with van der Waals surface area (Å²) in [7, 11) is 0. The largest absolute Gasteiger partial charge is 0.341 e. The van der Waals surface area contributed by atoms with E-state index in [4.69, 9.17) is 0 Å². The lowest BCUT2D eigenvalue weighted by atomic mass is 9.89. The van der Waals surface area contributed by atoms with Gasteiger partial charge in [0.25, 0.3) is 5.56 Å². The summed E-state index contributed by atoms with van der Waals surface area (Å²) in [5, 5.41) is 19.8. The number of hydrogen-bond donors (Lipinski definition) is 4. The molecular weight excluding hydrogens is 656 g/mol. The van der Waals surface area contributed by atoms with Gasteiger partial charge in [0.05, 0.1) is 11.7 Å². The number of H-pyrrole nitrogens is 3. The number of nitrogens with zero attached hydrogens (tertiary/aromatic N) is 6. The second kappa shape index (κ2) is 14.5. The minimum absolute atomic E-state index is 0.0342. The molecule has 52 heavy (non-hydrogen) atoms. The first-order valence-electron chi connectivity index (χ1n) is 18.8. The summed E-state index contributed by atoms with van der Waals surface area (Å²) in [6, 6.07) is 13.4. The van der Waals surface area contributed by atoms with Crippen LogP contribution < -0.4 is 10.9 Å². The Morgan fingerprint density at radius 3 is 2.35 bits per heavy atom. The molecule has 5 aromatic rings. The van der Waals surface area contributed by atoms with Crippen molar-refractivity contribution in [3.05, 3.63) is 87.4 Å². The van der Waals surface area contributed by atoms with Crippen molar-refractivity contribution in [1.82, 2.24) is 50.4 Å². The number of urea groups is 1. The molecule has 1 atom stereocenters. The van der Waals surface area contributed by atoms with Gasteiger partial charge in [-0.2, -0.15) is 10.2 Å². The third-order valence-corrected chi connectivity index (χ3v) is 11.6. The van der Waals surface area contributed by atoms with E-state index in [1.165, 1.54) is 0 Å². The van der Waals surface area contributed by atoms with Crippen LogP contribution in [0, 0.1) is 13.8 Å². The van der Waals surface area contributed by atoms with Crippen LogP contribution in [0.1, 0.15) is 78.7 Å². The number of nitrogens with one attached hydrogen (secondary N) is 4. The van der Waals surface area contributed by atoms with Gasteiger partial charge in [0.1, 0.15) is 11.9 Å². The maximum atomic E-state index is 14.3. The third-order valence-electron chi connectivity index (χ3n) is 11.6. The molecule has 0 radical (unpaired) electrons. The molecular formula is C39H48N10O3. The average Bonchev–Trinajstić information content (AvgIpc) is 3.84. The van der Waals surface area contributed by atoms with Crippen molar-refractivity contribution in [1.29, 1.82) is 0 Å². The molecule has 3 aliphatic rings. The Labute approximate surface area is 302 Å². The number of fused-ring (bicyclic) bond motifs is 2. The van der Waals surface area contributed by atoms with E-state index >= 15 is 0 Å². The number of aryl methyl sites for hydroxylation is 2. The number of aromatic nitrogens is 6. The predicted octanol–water partition coefficient (Wildman–Crippen LogP) is 4.51. The highest BCUT2D eigenvalue weighted by Gasteiger charge is 2.35. The molecule has 2 aromatic carbocycles. The summed E-state index contributed by atoms with van der Waals surface area (Å²) < 4.78 is 0. The Kier molecular flexibility index (Phi) is 9.52. The van der Waals surface area contributed by atoms with Gasteiger partial charge in [-0.25, -0.2) is 9.78 Å². The fraction of sp³-hybridized carbons (Fsp3) is 0.487. The monoisotopic (exact) mass is 704 g/mol. The smallest absolute Gasteiger partial charge is 0.318 e. The molecule has 3 aromatic heterocycles. The zero-order valence-corrected chi connectivity index (χ0v) is 30.0. The van der Waals surface area contributed by atoms with Gasteiger partial charge in [-0.1, -0.05) is 24.3 Å². The van der Waals surface area contributed by atoms with Crippen LogP contribution in [0.5, 0.6) is 0 Å². The van der Waals surface area contributed by atoms with Gasteiger partial charge in [-0.15, -0.1) is 0 Å². The van der Waals surface area contributed by atoms with E-state index < -0.39 is 6.04 Å². The number of pyridine rings is 1. The molecule has 3 amide bonds. The molecule has 1 unspecified atom stereocenters. The van der Waals surface area contributed by atoms with Crippen molar-refractivity contribution in [3.63, 3.8) is 0 Å². The summed E-state index contributed by atoms with van der Waals surface area (Å²) in [6.45, 7) is 8.36. The van der Waals surface area contributed by atoms with E-state index in [2.05, 4.69) is 52.7 Å². The molecule has 3 saturated heterocycles. The minimum atomic E-state index is -0.700. The lowest BCUT2D eigenvalue weighted by Crippen LogP contribution is -2.56. The Hall–Kier alpha value is -5.04. The summed E-state index contributed by atoms with van der Waals surface area (Å²) in [5.74, 6) is 2.22. The van der Waals surface area contributed by atoms with E-state index in [9.17, 15) is 14.4 Å². The van der Waals surface area contributed by atoms with E-state index in [1.807, 2.05) is 49.1 Å². The Morgan fingerprint density at radius 2 is 1.60 bits per heavy atom. The maximum absolute atomic E-state index is 14.3. The molecule has 0 aliphatic carbocycles. The number of benzene rings is 2. The third kappa shape index (κ3) is 7.06. The number of hydrogen-bond acceptors (Lipinski definition) is 7. The zero-order valence-electron chi connectivity index (χ0n) is 30.0. The van der Waals surface area contributed by atoms with Crippen molar-refractivity contribution in [2.45, 2.75) is 82.7 Å². The Balaban J connectivity index is 0.916. The first-order chi connectivity index (χ1) is 25.3. The number of amides is 3. The molecule has 0 bridgehead atoms. The first-order valence-corrected chi connectivity index (χ1v) is 18.8. The van der Waals surface area contributed by atoms with Gasteiger partial charge < -0.3 is 25.0 Å². The topological polar surface area (TPSA) is 159 Å². The lowest BCUT2D eigenvalue weighted by Gasteiger charge is -2.42. The SMILES string of the molecule is Cc1nc(C2CCN(C3CCN(C(=O)C(Cc4cc(C)c5[nH]ncc5c4)NC(=O)N4CCC(c5cc6ccccc6[nH]c5=O)CC4)CC3)CC2)n[nH]1. The Morgan fingerprint density at radius 1 is 0.865 bits per heavy atom. The van der Waals surface area contributed by atoms with Crippen molar-refractivity contribution < 1.29 is 9.59 Å². The highest BCUT2D eigenvalue weighted by atomic mass is 16.2. The maximum Gasteiger partial charge on any atom is 0.318 e. The van der Waals surface area contributed by atoms with Crippen molar-refractivity contribution in [3.8, 4) is 0 Å². The standard InChI is InChI=1S/C39H48N10O3/c1-24-19-26(20-30-23-40-45-35(24)30)21-34(38(51)48-17-11-31(12-18-48)47-13-9-28(10-14-47)36-41-25(2)44-46-36)43-39(52)49-15-7-27(8-16-49)32-22-29-5-3-4-6-33(29)42-37(32)50/h3-6,19-20,22-23,27-28,31,34H,7-18,21H2,1-2H3,(H,40,45)(H,42,50)(H,43,52)(H,41,44,46). The molecule has 0 spiro atoms. The van der Waals surface area contributed by atoms with Crippen molar-refractivity contribution >= 4 is 33.7 Å². The highest BCUT2D eigenvalue weighted by molar-refractivity contribution is 5.88. The normalized spacial score (nSPS) is 19.0. The first kappa shape index (κ1) is 34.1. The van der Waals surface area contributed by atoms with Gasteiger partial charge in [-0.3, -0.25) is 19.8 Å². The number of likely N-dealkylation sites (tertiary alicyclic amines) is 3. The van der Waals surface area contributed by atoms with E-state index in [0.29, 0.717) is 57.4 Å². The number of rotatable bonds is 7. The average molecular weight is 705 g/mol. The molecule has 6 heterocycles. The summed E-state index contributed by atoms with van der Waals surface area (Å²) in [5.41, 5.74) is 4.55. The van der Waals surface area contributed by atoms with E-state index in [0.717, 1.165) is 88.9 Å². The highest BCUT2D eigenvalue weighted by Crippen LogP contribution is 2.30. The van der Waals surface area contributed by atoms with Crippen LogP contribution in [0.25, 0.3) is 21.8 Å². The Bertz CT molecular complexity index is 2110. The minimum Gasteiger partial charge on any atom is -0.341 e. The molecule has 8 rings (SSSR count). The number of carbonyl (C=O) groups is 2. The van der Waals surface area contributed by atoms with Gasteiger partial charge in [-0.05, 0) is 106 Å². The van der Waals surface area contributed by atoms with Gasteiger partial charge in [0.15, 0.2) is 5.82 Å². The molecule has 4 N–H and O–H groups in total. The fourth-order valence-corrected chi connectivity index (χ4v) is 8.70. The lowest BCUT2D eigenvalue weighted by molar-refractivity contribution is -0.135. The van der Waals surface area contributed by atoms with E-state index in [-0.39, 0.29) is 23.4 Å². The van der Waals surface area contributed by atoms with E-state index in [1.54, 1.807) is 11.1 Å². The summed E-state index contributed by atoms with van der Waals surface area (Å²) in [6.07, 6.45) is 7.48. The second-order valence-corrected chi connectivity index (χ2v) is 15.0. The number of aromatic amines is 3. The quantitative estimate of drug-likeness (QED) is 0.194. The summed E-state index contributed by atoms with van der Waals surface area (Å²) >= 11 is 0. The summed E-state index contributed by atoms with van der Waals surface area (Å²) in [4.78, 5) is 55.0. The van der Waals surface area contributed by atoms with Crippen molar-refractivity contribution in [2.24, 2.45) is 0 Å².